The van der Waals surface area contributed by atoms with Gasteiger partial charge < -0.3 is 10.4 Å². The molecule has 0 saturated carbocycles. The van der Waals surface area contributed by atoms with Gasteiger partial charge in [0, 0.05) is 17.4 Å². The Balaban J connectivity index is 2.07. The number of rotatable bonds is 3. The molecule has 1 amide bonds. The molecule has 0 spiro atoms. The summed E-state index contributed by atoms with van der Waals surface area (Å²) in [6, 6.07) is 4.41. The first-order valence-electron chi connectivity index (χ1n) is 5.49. The van der Waals surface area contributed by atoms with Crippen LogP contribution in [0.4, 0.5) is 5.69 Å². The predicted octanol–water partition coefficient (Wildman–Crippen LogP) is 2.73. The topological polar surface area (TPSA) is 66.4 Å². The Kier molecular flexibility index (Phi) is 4.14. The molecule has 1 unspecified atom stereocenters. The van der Waals surface area contributed by atoms with Crippen molar-refractivity contribution in [2.24, 2.45) is 5.92 Å². The molecule has 1 aromatic carbocycles. The van der Waals surface area contributed by atoms with Gasteiger partial charge in [-0.15, -0.1) is 0 Å². The minimum Gasteiger partial charge on any atom is -0.478 e. The zero-order valence-corrected chi connectivity index (χ0v) is 11.1. The molecule has 1 aliphatic heterocycles. The van der Waals surface area contributed by atoms with Gasteiger partial charge in [-0.05, 0) is 30.4 Å². The maximum Gasteiger partial charge on any atom is 0.337 e. The number of nitrogens with one attached hydrogen (secondary N) is 1. The van der Waals surface area contributed by atoms with Crippen molar-refractivity contribution in [3.05, 3.63) is 28.8 Å². The average Bonchev–Trinajstić information content (AvgIpc) is 2.81. The normalized spacial score (nSPS) is 18.6. The van der Waals surface area contributed by atoms with Crippen LogP contribution in [0.5, 0.6) is 0 Å². The van der Waals surface area contributed by atoms with Crippen molar-refractivity contribution in [3.8, 4) is 0 Å². The van der Waals surface area contributed by atoms with Crippen LogP contribution in [0.2, 0.25) is 5.02 Å². The van der Waals surface area contributed by atoms with Crippen LogP contribution in [0, 0.1) is 5.92 Å². The van der Waals surface area contributed by atoms with Crippen LogP contribution in [-0.4, -0.2) is 28.5 Å². The fraction of sp³-hybridized carbons (Fsp3) is 0.333. The lowest BCUT2D eigenvalue weighted by Gasteiger charge is -2.10. The molecule has 0 aliphatic carbocycles. The van der Waals surface area contributed by atoms with Crippen molar-refractivity contribution in [1.29, 1.82) is 0 Å². The number of aromatic carboxylic acids is 1. The summed E-state index contributed by atoms with van der Waals surface area (Å²) in [5, 5.41) is 11.7. The molecule has 2 rings (SSSR count). The first-order valence-corrected chi connectivity index (χ1v) is 7.02. The van der Waals surface area contributed by atoms with Gasteiger partial charge in [0.05, 0.1) is 10.6 Å². The van der Waals surface area contributed by atoms with E-state index in [-0.39, 0.29) is 22.4 Å². The third-order valence-corrected chi connectivity index (χ3v) is 4.24. The van der Waals surface area contributed by atoms with Gasteiger partial charge in [0.2, 0.25) is 5.91 Å². The Hall–Kier alpha value is -1.20. The number of carbonyl (C=O) groups excluding carboxylic acids is 1. The van der Waals surface area contributed by atoms with Crippen molar-refractivity contribution >= 4 is 40.9 Å². The lowest BCUT2D eigenvalue weighted by molar-refractivity contribution is -0.119. The molecule has 0 aromatic heterocycles. The summed E-state index contributed by atoms with van der Waals surface area (Å²) in [6.45, 7) is 0. The SMILES string of the molecule is O=C(O)c1ccc(NC(=O)C2CCSC2)cc1Cl. The summed E-state index contributed by atoms with van der Waals surface area (Å²) in [6.07, 6.45) is 0.886. The van der Waals surface area contributed by atoms with Gasteiger partial charge in [-0.1, -0.05) is 11.6 Å². The number of hydrogen-bond acceptors (Lipinski definition) is 3. The second-order valence-electron chi connectivity index (χ2n) is 4.05. The quantitative estimate of drug-likeness (QED) is 0.896. The molecule has 1 saturated heterocycles. The van der Waals surface area contributed by atoms with Crippen LogP contribution in [0.3, 0.4) is 0 Å². The second kappa shape index (κ2) is 5.63. The highest BCUT2D eigenvalue weighted by Crippen LogP contribution is 2.26. The number of amides is 1. The van der Waals surface area contributed by atoms with E-state index in [4.69, 9.17) is 16.7 Å². The number of carboxylic acids is 1. The lowest BCUT2D eigenvalue weighted by Crippen LogP contribution is -2.22. The van der Waals surface area contributed by atoms with Crippen LogP contribution >= 0.6 is 23.4 Å². The van der Waals surface area contributed by atoms with Crippen LogP contribution in [0.1, 0.15) is 16.8 Å². The summed E-state index contributed by atoms with van der Waals surface area (Å²) < 4.78 is 0. The van der Waals surface area contributed by atoms with E-state index < -0.39 is 5.97 Å². The molecule has 1 heterocycles. The van der Waals surface area contributed by atoms with E-state index in [1.165, 1.54) is 12.1 Å². The molecule has 1 fully saturated rings. The van der Waals surface area contributed by atoms with Crippen molar-refractivity contribution in [3.63, 3.8) is 0 Å². The zero-order valence-electron chi connectivity index (χ0n) is 9.48. The Labute approximate surface area is 114 Å². The van der Waals surface area contributed by atoms with Crippen LogP contribution < -0.4 is 5.32 Å². The maximum absolute atomic E-state index is 11.9. The summed E-state index contributed by atoms with van der Waals surface area (Å²) in [5.74, 6) is 0.779. The highest BCUT2D eigenvalue weighted by Gasteiger charge is 2.23. The minimum atomic E-state index is -1.08. The molecule has 1 atom stereocenters. The van der Waals surface area contributed by atoms with Crippen molar-refractivity contribution < 1.29 is 14.7 Å². The molecule has 6 heteroatoms. The van der Waals surface area contributed by atoms with Crippen LogP contribution in [-0.2, 0) is 4.79 Å². The minimum absolute atomic E-state index is 0.0286. The van der Waals surface area contributed by atoms with Gasteiger partial charge in [-0.2, -0.15) is 11.8 Å². The smallest absolute Gasteiger partial charge is 0.337 e. The third kappa shape index (κ3) is 2.97. The lowest BCUT2D eigenvalue weighted by atomic mass is 10.1. The molecule has 1 aliphatic rings. The van der Waals surface area contributed by atoms with Crippen molar-refractivity contribution in [1.82, 2.24) is 0 Å². The highest BCUT2D eigenvalue weighted by atomic mass is 35.5. The first kappa shape index (κ1) is 13.2. The molecular weight excluding hydrogens is 274 g/mol. The second-order valence-corrected chi connectivity index (χ2v) is 5.61. The Morgan fingerprint density at radius 2 is 2.22 bits per heavy atom. The van der Waals surface area contributed by atoms with E-state index in [1.807, 2.05) is 0 Å². The predicted molar refractivity (Wildman–Crippen MR) is 72.5 cm³/mol. The molecule has 1 aromatic rings. The average molecular weight is 286 g/mol. The number of carbonyl (C=O) groups is 2. The summed E-state index contributed by atoms with van der Waals surface area (Å²) >= 11 is 7.60. The standard InChI is InChI=1S/C12H12ClNO3S/c13-10-5-8(1-2-9(10)12(16)17)14-11(15)7-3-4-18-6-7/h1-2,5,7H,3-4,6H2,(H,14,15)(H,16,17). The fourth-order valence-electron chi connectivity index (χ4n) is 1.75. The number of benzene rings is 1. The number of anilines is 1. The van der Waals surface area contributed by atoms with E-state index in [2.05, 4.69) is 5.32 Å². The van der Waals surface area contributed by atoms with Gasteiger partial charge >= 0.3 is 5.97 Å². The van der Waals surface area contributed by atoms with Gasteiger partial charge in [0.25, 0.3) is 0 Å². The van der Waals surface area contributed by atoms with Crippen LogP contribution in [0.15, 0.2) is 18.2 Å². The van der Waals surface area contributed by atoms with E-state index in [0.29, 0.717) is 5.69 Å². The van der Waals surface area contributed by atoms with Crippen molar-refractivity contribution in [2.75, 3.05) is 16.8 Å². The molecule has 2 N–H and O–H groups in total. The summed E-state index contributed by atoms with van der Waals surface area (Å²) in [4.78, 5) is 22.7. The molecule has 96 valence electrons. The largest absolute Gasteiger partial charge is 0.478 e. The van der Waals surface area contributed by atoms with E-state index in [9.17, 15) is 9.59 Å². The Morgan fingerprint density at radius 1 is 1.44 bits per heavy atom. The number of halogens is 1. The van der Waals surface area contributed by atoms with E-state index in [1.54, 1.807) is 17.8 Å². The van der Waals surface area contributed by atoms with Gasteiger partial charge in [-0.3, -0.25) is 4.79 Å². The first-order chi connectivity index (χ1) is 8.58. The summed E-state index contributed by atoms with van der Waals surface area (Å²) in [5.41, 5.74) is 0.568. The van der Waals surface area contributed by atoms with E-state index in [0.717, 1.165) is 17.9 Å². The molecule has 18 heavy (non-hydrogen) atoms. The molecule has 0 radical (unpaired) electrons. The van der Waals surface area contributed by atoms with E-state index >= 15 is 0 Å². The molecular formula is C12H12ClNO3S. The number of thioether (sulfide) groups is 1. The fourth-order valence-corrected chi connectivity index (χ4v) is 3.23. The molecule has 0 bridgehead atoms. The number of carboxylic acid groups (broad SMARTS) is 1. The van der Waals surface area contributed by atoms with Crippen molar-refractivity contribution in [2.45, 2.75) is 6.42 Å². The van der Waals surface area contributed by atoms with Gasteiger partial charge in [-0.25, -0.2) is 4.79 Å². The maximum atomic E-state index is 11.9. The molecule has 4 nitrogen and oxygen atoms in total. The Morgan fingerprint density at radius 3 is 2.78 bits per heavy atom. The zero-order chi connectivity index (χ0) is 13.1. The summed E-state index contributed by atoms with van der Waals surface area (Å²) in [7, 11) is 0. The monoisotopic (exact) mass is 285 g/mol. The Bertz CT molecular complexity index is 486. The van der Waals surface area contributed by atoms with Crippen LogP contribution in [0.25, 0.3) is 0 Å². The highest BCUT2D eigenvalue weighted by molar-refractivity contribution is 7.99. The number of hydrogen-bond donors (Lipinski definition) is 2. The third-order valence-electron chi connectivity index (χ3n) is 2.77. The van der Waals surface area contributed by atoms with Gasteiger partial charge in [0.1, 0.15) is 0 Å². The van der Waals surface area contributed by atoms with Gasteiger partial charge in [0.15, 0.2) is 0 Å².